The van der Waals surface area contributed by atoms with E-state index in [2.05, 4.69) is 30.9 Å². The zero-order chi connectivity index (χ0) is 14.6. The average molecular weight is 295 g/mol. The molecular formula is C17H27ClN2. The predicted octanol–water partition coefficient (Wildman–Crippen LogP) is 4.17. The molecule has 0 radical (unpaired) electrons. The highest BCUT2D eigenvalue weighted by Crippen LogP contribution is 2.31. The van der Waals surface area contributed by atoms with Gasteiger partial charge in [-0.25, -0.2) is 0 Å². The molecule has 2 N–H and O–H groups in total. The maximum absolute atomic E-state index is 6.77. The molecule has 1 saturated heterocycles. The summed E-state index contributed by atoms with van der Waals surface area (Å²) in [5.74, 6) is 0. The van der Waals surface area contributed by atoms with Crippen LogP contribution in [0.4, 0.5) is 0 Å². The van der Waals surface area contributed by atoms with Crippen molar-refractivity contribution >= 4 is 11.6 Å². The van der Waals surface area contributed by atoms with E-state index in [-0.39, 0.29) is 5.54 Å². The van der Waals surface area contributed by atoms with Crippen LogP contribution < -0.4 is 5.73 Å². The summed E-state index contributed by atoms with van der Waals surface area (Å²) in [6.45, 7) is 6.80. The summed E-state index contributed by atoms with van der Waals surface area (Å²) in [5.41, 5.74) is 7.64. The lowest BCUT2D eigenvalue weighted by molar-refractivity contribution is 0.144. The third-order valence-corrected chi connectivity index (χ3v) is 4.82. The monoisotopic (exact) mass is 294 g/mol. The smallest absolute Gasteiger partial charge is 0.0538 e. The standard InChI is InChI=1S/C17H27ClN2/c1-3-4-7-16(20-12-5-6-13-20)17(2,19)14-8-10-15(18)11-9-14/h8-11,16H,3-7,12-13,19H2,1-2H3. The van der Waals surface area contributed by atoms with Crippen LogP contribution in [0.3, 0.4) is 0 Å². The number of benzene rings is 1. The molecule has 3 heteroatoms. The third-order valence-electron chi connectivity index (χ3n) is 4.57. The molecule has 112 valence electrons. The number of unbranched alkanes of at least 4 members (excludes halogenated alkanes) is 1. The van der Waals surface area contributed by atoms with E-state index < -0.39 is 0 Å². The average Bonchev–Trinajstić information content (AvgIpc) is 2.93. The zero-order valence-corrected chi connectivity index (χ0v) is 13.5. The van der Waals surface area contributed by atoms with Crippen molar-refractivity contribution in [3.63, 3.8) is 0 Å². The van der Waals surface area contributed by atoms with Crippen LogP contribution in [-0.4, -0.2) is 24.0 Å². The third kappa shape index (κ3) is 3.55. The molecule has 1 fully saturated rings. The van der Waals surface area contributed by atoms with Crippen LogP contribution in [0.15, 0.2) is 24.3 Å². The van der Waals surface area contributed by atoms with Gasteiger partial charge in [0.05, 0.1) is 5.54 Å². The van der Waals surface area contributed by atoms with Crippen LogP contribution in [0.1, 0.15) is 51.5 Å². The van der Waals surface area contributed by atoms with E-state index in [0.29, 0.717) is 6.04 Å². The number of hydrogen-bond acceptors (Lipinski definition) is 2. The Morgan fingerprint density at radius 1 is 1.25 bits per heavy atom. The Labute approximate surface area is 128 Å². The minimum atomic E-state index is -0.315. The summed E-state index contributed by atoms with van der Waals surface area (Å²) < 4.78 is 0. The first kappa shape index (κ1) is 15.8. The van der Waals surface area contributed by atoms with Crippen molar-refractivity contribution in [1.29, 1.82) is 0 Å². The van der Waals surface area contributed by atoms with Gasteiger partial charge in [0.1, 0.15) is 0 Å². The van der Waals surface area contributed by atoms with Gasteiger partial charge in [-0.15, -0.1) is 0 Å². The molecule has 1 aromatic carbocycles. The quantitative estimate of drug-likeness (QED) is 0.853. The molecule has 0 spiro atoms. The second-order valence-corrected chi connectivity index (χ2v) is 6.63. The maximum Gasteiger partial charge on any atom is 0.0538 e. The summed E-state index contributed by atoms with van der Waals surface area (Å²) >= 11 is 6.00. The summed E-state index contributed by atoms with van der Waals surface area (Å²) in [6, 6.07) is 8.48. The molecule has 1 aromatic rings. The van der Waals surface area contributed by atoms with Crippen molar-refractivity contribution in [3.8, 4) is 0 Å². The molecular weight excluding hydrogens is 268 g/mol. The highest BCUT2D eigenvalue weighted by Gasteiger charge is 2.36. The Morgan fingerprint density at radius 3 is 2.40 bits per heavy atom. The molecule has 1 aliphatic rings. The number of nitrogens with zero attached hydrogens (tertiary/aromatic N) is 1. The van der Waals surface area contributed by atoms with Crippen LogP contribution in [0.25, 0.3) is 0 Å². The maximum atomic E-state index is 6.77. The number of likely N-dealkylation sites (tertiary alicyclic amines) is 1. The summed E-state index contributed by atoms with van der Waals surface area (Å²) in [6.07, 6.45) is 6.24. The fourth-order valence-electron chi connectivity index (χ4n) is 3.31. The molecule has 0 saturated carbocycles. The lowest BCUT2D eigenvalue weighted by atomic mass is 9.82. The summed E-state index contributed by atoms with van der Waals surface area (Å²) in [5, 5.41) is 0.774. The van der Waals surface area contributed by atoms with Crippen molar-refractivity contribution in [2.75, 3.05) is 13.1 Å². The fraction of sp³-hybridized carbons (Fsp3) is 0.647. The van der Waals surface area contributed by atoms with Gasteiger partial charge in [0.15, 0.2) is 0 Å². The number of nitrogens with two attached hydrogens (primary N) is 1. The lowest BCUT2D eigenvalue weighted by Gasteiger charge is -2.41. The molecule has 2 unspecified atom stereocenters. The molecule has 1 heterocycles. The van der Waals surface area contributed by atoms with Gasteiger partial charge in [-0.05, 0) is 57.0 Å². The number of hydrogen-bond donors (Lipinski definition) is 1. The first-order chi connectivity index (χ1) is 9.55. The van der Waals surface area contributed by atoms with Crippen LogP contribution in [0.5, 0.6) is 0 Å². The molecule has 0 amide bonds. The van der Waals surface area contributed by atoms with E-state index >= 15 is 0 Å². The van der Waals surface area contributed by atoms with Gasteiger partial charge in [-0.2, -0.15) is 0 Å². The summed E-state index contributed by atoms with van der Waals surface area (Å²) in [7, 11) is 0. The topological polar surface area (TPSA) is 29.3 Å². The van der Waals surface area contributed by atoms with Crippen LogP contribution in [0, 0.1) is 0 Å². The highest BCUT2D eigenvalue weighted by molar-refractivity contribution is 6.30. The Bertz CT molecular complexity index is 408. The molecule has 0 aromatic heterocycles. The molecule has 1 aliphatic heterocycles. The molecule has 2 atom stereocenters. The lowest BCUT2D eigenvalue weighted by Crippen LogP contribution is -2.53. The van der Waals surface area contributed by atoms with Gasteiger partial charge >= 0.3 is 0 Å². The van der Waals surface area contributed by atoms with E-state index in [4.69, 9.17) is 17.3 Å². The second kappa shape index (κ2) is 6.93. The van der Waals surface area contributed by atoms with E-state index in [0.717, 1.165) is 5.02 Å². The minimum Gasteiger partial charge on any atom is -0.320 e. The van der Waals surface area contributed by atoms with E-state index in [1.54, 1.807) is 0 Å². The van der Waals surface area contributed by atoms with Crippen molar-refractivity contribution in [2.45, 2.75) is 57.5 Å². The first-order valence-corrected chi connectivity index (χ1v) is 8.22. The Balaban J connectivity index is 2.22. The van der Waals surface area contributed by atoms with Crippen molar-refractivity contribution < 1.29 is 0 Å². The molecule has 0 aliphatic carbocycles. The van der Waals surface area contributed by atoms with Gasteiger partial charge in [0.2, 0.25) is 0 Å². The molecule has 20 heavy (non-hydrogen) atoms. The van der Waals surface area contributed by atoms with Gasteiger partial charge in [-0.1, -0.05) is 43.5 Å². The van der Waals surface area contributed by atoms with E-state index in [9.17, 15) is 0 Å². The van der Waals surface area contributed by atoms with Gasteiger partial charge < -0.3 is 5.73 Å². The number of rotatable bonds is 6. The molecule has 2 rings (SSSR count). The van der Waals surface area contributed by atoms with Crippen LogP contribution in [0.2, 0.25) is 5.02 Å². The van der Waals surface area contributed by atoms with Gasteiger partial charge in [-0.3, -0.25) is 4.90 Å². The Kier molecular flexibility index (Phi) is 5.48. The van der Waals surface area contributed by atoms with Gasteiger partial charge in [0, 0.05) is 11.1 Å². The van der Waals surface area contributed by atoms with Crippen LogP contribution >= 0.6 is 11.6 Å². The van der Waals surface area contributed by atoms with E-state index in [1.165, 1.54) is 50.8 Å². The van der Waals surface area contributed by atoms with Crippen molar-refractivity contribution in [2.24, 2.45) is 5.73 Å². The molecule has 0 bridgehead atoms. The normalized spacial score (nSPS) is 20.8. The Morgan fingerprint density at radius 2 is 1.85 bits per heavy atom. The summed E-state index contributed by atoms with van der Waals surface area (Å²) in [4.78, 5) is 2.59. The Hall–Kier alpha value is -0.570. The first-order valence-electron chi connectivity index (χ1n) is 7.84. The molecule has 2 nitrogen and oxygen atoms in total. The van der Waals surface area contributed by atoms with Crippen LogP contribution in [-0.2, 0) is 5.54 Å². The minimum absolute atomic E-state index is 0.315. The fourth-order valence-corrected chi connectivity index (χ4v) is 3.44. The SMILES string of the molecule is CCCCC(N1CCCC1)C(C)(N)c1ccc(Cl)cc1. The van der Waals surface area contributed by atoms with Crippen molar-refractivity contribution in [3.05, 3.63) is 34.9 Å². The number of halogens is 1. The largest absolute Gasteiger partial charge is 0.320 e. The van der Waals surface area contributed by atoms with Gasteiger partial charge in [0.25, 0.3) is 0 Å². The highest BCUT2D eigenvalue weighted by atomic mass is 35.5. The predicted molar refractivity (Wildman–Crippen MR) is 87.1 cm³/mol. The second-order valence-electron chi connectivity index (χ2n) is 6.19. The van der Waals surface area contributed by atoms with Crippen molar-refractivity contribution in [1.82, 2.24) is 4.90 Å². The van der Waals surface area contributed by atoms with E-state index in [1.807, 2.05) is 12.1 Å². The zero-order valence-electron chi connectivity index (χ0n) is 12.7.